The predicted octanol–water partition coefficient (Wildman–Crippen LogP) is 8.36. The summed E-state index contributed by atoms with van der Waals surface area (Å²) in [6.45, 7) is 0. The maximum atomic E-state index is 6.74. The molecule has 5 heterocycles. The number of piperidine rings is 1. The zero-order chi connectivity index (χ0) is 30.5. The van der Waals surface area contributed by atoms with Crippen LogP contribution >= 0.6 is 0 Å². The Bertz CT molecular complexity index is 1710. The summed E-state index contributed by atoms with van der Waals surface area (Å²) in [4.78, 5) is 11.4. The highest BCUT2D eigenvalue weighted by molar-refractivity contribution is 5.78. The number of pyridine rings is 2. The van der Waals surface area contributed by atoms with Gasteiger partial charge in [-0.2, -0.15) is 0 Å². The Hall–Kier alpha value is -4.42. The summed E-state index contributed by atoms with van der Waals surface area (Å²) in [6, 6.07) is 25.5. The molecule has 0 spiro atoms. The number of allylic oxidation sites excluding steroid dienone is 2. The maximum Gasteiger partial charge on any atom is 0.196 e. The van der Waals surface area contributed by atoms with Gasteiger partial charge in [-0.05, 0) is 98.4 Å². The number of hydrogen-bond donors (Lipinski definition) is 2. The van der Waals surface area contributed by atoms with Gasteiger partial charge in [0.1, 0.15) is 0 Å². The van der Waals surface area contributed by atoms with E-state index in [1.54, 1.807) is 5.57 Å². The molecule has 7 unspecified atom stereocenters. The number of hydrogen-bond acceptors (Lipinski definition) is 6. The number of rotatable bonds is 5. The summed E-state index contributed by atoms with van der Waals surface area (Å²) in [6.07, 6.45) is 22.9. The highest BCUT2D eigenvalue weighted by Crippen LogP contribution is 2.56. The van der Waals surface area contributed by atoms with Crippen molar-refractivity contribution in [2.45, 2.75) is 87.2 Å². The van der Waals surface area contributed by atoms with Crippen molar-refractivity contribution in [3.63, 3.8) is 0 Å². The molecule has 0 bridgehead atoms. The Morgan fingerprint density at radius 2 is 1.54 bits per heavy atom. The minimum atomic E-state index is -0.147. The minimum Gasteiger partial charge on any atom is -0.464 e. The molecule has 6 heteroatoms. The van der Waals surface area contributed by atoms with Crippen LogP contribution in [-0.4, -0.2) is 28.1 Å². The van der Waals surface area contributed by atoms with E-state index in [1.807, 2.05) is 24.8 Å². The summed E-state index contributed by atoms with van der Waals surface area (Å²) < 4.78 is 6.74. The monoisotopic (exact) mass is 607 g/mol. The van der Waals surface area contributed by atoms with E-state index in [2.05, 4.69) is 110 Å². The lowest BCUT2D eigenvalue weighted by Crippen LogP contribution is -2.47. The molecular formula is C40H41N5O. The highest BCUT2D eigenvalue weighted by Gasteiger charge is 2.46. The minimum absolute atomic E-state index is 0.147. The quantitative estimate of drug-likeness (QED) is 0.222. The summed E-state index contributed by atoms with van der Waals surface area (Å²) in [7, 11) is 0. The third-order valence-corrected chi connectivity index (χ3v) is 11.1. The zero-order valence-electron chi connectivity index (χ0n) is 26.1. The van der Waals surface area contributed by atoms with Gasteiger partial charge in [0.05, 0.1) is 5.69 Å². The molecule has 7 atom stereocenters. The third-order valence-electron chi connectivity index (χ3n) is 11.1. The fourth-order valence-corrected chi connectivity index (χ4v) is 8.99. The van der Waals surface area contributed by atoms with Crippen LogP contribution in [0.2, 0.25) is 0 Å². The van der Waals surface area contributed by atoms with Crippen molar-refractivity contribution in [3.05, 3.63) is 138 Å². The van der Waals surface area contributed by atoms with Gasteiger partial charge in [0, 0.05) is 71.7 Å². The van der Waals surface area contributed by atoms with E-state index in [-0.39, 0.29) is 6.23 Å². The summed E-state index contributed by atoms with van der Waals surface area (Å²) in [5.41, 5.74) is 9.34. The molecule has 4 aromatic rings. The summed E-state index contributed by atoms with van der Waals surface area (Å²) in [5, 5.41) is 7.78. The topological polar surface area (TPSA) is 62.3 Å². The van der Waals surface area contributed by atoms with Gasteiger partial charge in [0.2, 0.25) is 0 Å². The van der Waals surface area contributed by atoms with Crippen LogP contribution in [0.25, 0.3) is 0 Å². The number of nitrogens with zero attached hydrogens (tertiary/aromatic N) is 3. The van der Waals surface area contributed by atoms with Crippen molar-refractivity contribution in [2.75, 3.05) is 10.2 Å². The van der Waals surface area contributed by atoms with E-state index in [0.717, 1.165) is 49.1 Å². The number of aromatic nitrogens is 2. The number of ether oxygens (including phenoxy) is 1. The van der Waals surface area contributed by atoms with Crippen molar-refractivity contribution in [1.82, 2.24) is 15.3 Å². The van der Waals surface area contributed by atoms with Gasteiger partial charge in [-0.1, -0.05) is 54.1 Å². The average Bonchev–Trinajstić information content (AvgIpc) is 3.72. The van der Waals surface area contributed by atoms with Gasteiger partial charge in [-0.15, -0.1) is 0 Å². The van der Waals surface area contributed by atoms with Crippen molar-refractivity contribution < 1.29 is 4.74 Å². The van der Waals surface area contributed by atoms with Gasteiger partial charge in [0.25, 0.3) is 0 Å². The summed E-state index contributed by atoms with van der Waals surface area (Å²) in [5.74, 6) is 1.90. The lowest BCUT2D eigenvalue weighted by Gasteiger charge is -2.43. The molecule has 2 aromatic heterocycles. The van der Waals surface area contributed by atoms with Gasteiger partial charge >= 0.3 is 0 Å². The lowest BCUT2D eigenvalue weighted by molar-refractivity contribution is 0.257. The van der Waals surface area contributed by atoms with E-state index >= 15 is 0 Å². The van der Waals surface area contributed by atoms with E-state index in [9.17, 15) is 0 Å². The Balaban J connectivity index is 1.01. The van der Waals surface area contributed by atoms with Crippen LogP contribution in [0.15, 0.2) is 115 Å². The van der Waals surface area contributed by atoms with Crippen molar-refractivity contribution in [2.24, 2.45) is 0 Å². The maximum absolute atomic E-state index is 6.74. The molecule has 0 saturated carbocycles. The second-order valence-electron chi connectivity index (χ2n) is 13.6. The number of benzene rings is 2. The summed E-state index contributed by atoms with van der Waals surface area (Å²) >= 11 is 0. The highest BCUT2D eigenvalue weighted by atomic mass is 16.5. The van der Waals surface area contributed by atoms with Crippen molar-refractivity contribution >= 4 is 11.4 Å². The van der Waals surface area contributed by atoms with Gasteiger partial charge < -0.3 is 20.3 Å². The largest absolute Gasteiger partial charge is 0.464 e. The molecule has 0 radical (unpaired) electrons. The Labute approximate surface area is 271 Å². The average molecular weight is 608 g/mol. The van der Waals surface area contributed by atoms with E-state index in [4.69, 9.17) is 4.74 Å². The van der Waals surface area contributed by atoms with Crippen LogP contribution in [-0.2, 0) is 0 Å². The second kappa shape index (κ2) is 11.7. The third kappa shape index (κ3) is 4.91. The standard InChI is InChI=1S/C40H41N5O/c1-2-7-28(8-3-1)40-44-33-13-14-37-38(39(33)46-40)32-11-4-5-12-36(32)45(37)31-10-6-9-29(23-31)35-25-30(26-15-19-41-20-16-26)24-34(43-35)27-17-21-42-22-18-27/h1-4,7-9,11,13-22,30-32,34-36,40,43-44H,5-6,10,12,23-25H2. The first-order valence-corrected chi connectivity index (χ1v) is 17.1. The SMILES string of the molecule is C1=CC2c3c(ccc4c3OC(c3ccccc3)N4)N(C3CCC=C(C4CC(c5ccncc5)CC(c5ccncc5)N4)C3)C2CC1. The molecule has 2 N–H and O–H groups in total. The molecule has 5 aliphatic rings. The molecule has 0 amide bonds. The van der Waals surface area contributed by atoms with Crippen LogP contribution in [0.5, 0.6) is 5.75 Å². The van der Waals surface area contributed by atoms with E-state index in [0.29, 0.717) is 36.0 Å². The van der Waals surface area contributed by atoms with Crippen molar-refractivity contribution in [3.8, 4) is 5.75 Å². The Morgan fingerprint density at radius 3 is 2.37 bits per heavy atom. The van der Waals surface area contributed by atoms with Crippen LogP contribution < -0.4 is 20.3 Å². The van der Waals surface area contributed by atoms with Crippen LogP contribution in [0.1, 0.15) is 91.3 Å². The van der Waals surface area contributed by atoms with Crippen LogP contribution in [0, 0.1) is 0 Å². The first kappa shape index (κ1) is 27.9. The number of fused-ring (bicyclic) bond motifs is 5. The first-order valence-electron chi connectivity index (χ1n) is 17.1. The molecular weight excluding hydrogens is 566 g/mol. The number of nitrogens with one attached hydrogen (secondary N) is 2. The van der Waals surface area contributed by atoms with Gasteiger partial charge in [-0.3, -0.25) is 9.97 Å². The predicted molar refractivity (Wildman–Crippen MR) is 183 cm³/mol. The normalized spacial score (nSPS) is 29.6. The van der Waals surface area contributed by atoms with E-state index < -0.39 is 0 Å². The Morgan fingerprint density at radius 1 is 0.761 bits per heavy atom. The fourth-order valence-electron chi connectivity index (χ4n) is 8.99. The Kier molecular flexibility index (Phi) is 7.11. The van der Waals surface area contributed by atoms with Crippen LogP contribution in [0.3, 0.4) is 0 Å². The first-order chi connectivity index (χ1) is 22.8. The lowest BCUT2D eigenvalue weighted by atomic mass is 9.77. The van der Waals surface area contributed by atoms with E-state index in [1.165, 1.54) is 35.2 Å². The molecule has 3 aliphatic heterocycles. The smallest absolute Gasteiger partial charge is 0.196 e. The van der Waals surface area contributed by atoms with Gasteiger partial charge in [-0.25, -0.2) is 0 Å². The van der Waals surface area contributed by atoms with Crippen LogP contribution in [0.4, 0.5) is 11.4 Å². The molecule has 232 valence electrons. The molecule has 2 aliphatic carbocycles. The molecule has 1 fully saturated rings. The molecule has 1 saturated heterocycles. The second-order valence-corrected chi connectivity index (χ2v) is 13.6. The number of anilines is 2. The fraction of sp³-hybridized carbons (Fsp3) is 0.350. The van der Waals surface area contributed by atoms with Crippen molar-refractivity contribution in [1.29, 1.82) is 0 Å². The molecule has 2 aromatic carbocycles. The van der Waals surface area contributed by atoms with Gasteiger partial charge in [0.15, 0.2) is 12.0 Å². The zero-order valence-corrected chi connectivity index (χ0v) is 26.1. The molecule has 46 heavy (non-hydrogen) atoms. The molecule has 6 nitrogen and oxygen atoms in total. The molecule has 9 rings (SSSR count).